The van der Waals surface area contributed by atoms with E-state index in [4.69, 9.17) is 56.2 Å². The number of carbonyl (C=O) groups is 1. The zero-order valence-electron chi connectivity index (χ0n) is 9.38. The van der Waals surface area contributed by atoms with Crippen molar-refractivity contribution in [3.05, 3.63) is 0 Å². The van der Waals surface area contributed by atoms with E-state index >= 15 is 0 Å². The Hall–Kier alpha value is -0.500. The van der Waals surface area contributed by atoms with Gasteiger partial charge in [-0.2, -0.15) is 0 Å². The summed E-state index contributed by atoms with van der Waals surface area (Å²) in [4.78, 5) is 31.6. The number of rotatable bonds is 5. The standard InChI is InChI=1S/C6H14N2O6.H3O4P/c7-6(8,14)5(13)4(12)3(11)2(10)1-9;1-5(2,3)4/h1-5,10-14H,7-8H2;(H3,1,2,3,4)/t2-,3-,4-,5-;/m0./s1. The summed E-state index contributed by atoms with van der Waals surface area (Å²) < 4.78 is 8.88. The zero-order chi connectivity index (χ0) is 16.0. The summed E-state index contributed by atoms with van der Waals surface area (Å²) in [6, 6.07) is 0. The van der Waals surface area contributed by atoms with Crippen LogP contribution in [0.1, 0.15) is 0 Å². The number of hydrogen-bond donors (Lipinski definition) is 10. The number of aldehydes is 1. The van der Waals surface area contributed by atoms with Gasteiger partial charge in [-0.05, 0) is 0 Å². The molecule has 0 aliphatic heterocycles. The molecule has 0 amide bonds. The van der Waals surface area contributed by atoms with Gasteiger partial charge in [0.15, 0.2) is 12.1 Å². The largest absolute Gasteiger partial charge is 0.466 e. The maximum absolute atomic E-state index is 10.00. The van der Waals surface area contributed by atoms with Crippen LogP contribution in [0, 0.1) is 0 Å². The predicted octanol–water partition coefficient (Wildman–Crippen LogP) is -5.74. The Morgan fingerprint density at radius 3 is 1.53 bits per heavy atom. The fourth-order valence-electron chi connectivity index (χ4n) is 0.743. The number of carbonyl (C=O) groups excluding carboxylic acids is 1. The molecule has 0 unspecified atom stereocenters. The van der Waals surface area contributed by atoms with Gasteiger partial charge in [0.2, 0.25) is 0 Å². The summed E-state index contributed by atoms with van der Waals surface area (Å²) in [5.41, 5.74) is 9.60. The monoisotopic (exact) mass is 308 g/mol. The van der Waals surface area contributed by atoms with Gasteiger partial charge in [0.1, 0.15) is 24.4 Å². The third-order valence-corrected chi connectivity index (χ3v) is 1.64. The number of aliphatic hydroxyl groups is 5. The van der Waals surface area contributed by atoms with Gasteiger partial charge in [0.05, 0.1) is 0 Å². The average molecular weight is 308 g/mol. The first kappa shape index (κ1) is 20.8. The van der Waals surface area contributed by atoms with Crippen LogP contribution in [0.4, 0.5) is 0 Å². The molecule has 19 heavy (non-hydrogen) atoms. The summed E-state index contributed by atoms with van der Waals surface area (Å²) in [7, 11) is -4.64. The fraction of sp³-hybridized carbons (Fsp3) is 0.833. The highest BCUT2D eigenvalue weighted by Gasteiger charge is 2.39. The molecule has 0 aliphatic carbocycles. The maximum Gasteiger partial charge on any atom is 0.466 e. The summed E-state index contributed by atoms with van der Waals surface area (Å²) in [6.45, 7) is 0. The minimum absolute atomic E-state index is 0.0489. The molecule has 12 N–H and O–H groups in total. The molecule has 0 bridgehead atoms. The minimum atomic E-state index is -4.64. The summed E-state index contributed by atoms with van der Waals surface area (Å²) >= 11 is 0. The smallest absolute Gasteiger partial charge is 0.387 e. The van der Waals surface area contributed by atoms with Gasteiger partial charge in [-0.3, -0.25) is 11.5 Å². The second kappa shape index (κ2) is 7.94. The highest BCUT2D eigenvalue weighted by molar-refractivity contribution is 7.45. The number of hydrogen-bond acceptors (Lipinski definition) is 9. The van der Waals surface area contributed by atoms with Crippen LogP contribution in [-0.4, -0.2) is 76.8 Å². The molecule has 0 aromatic rings. The minimum Gasteiger partial charge on any atom is -0.387 e. The molecule has 12 nitrogen and oxygen atoms in total. The van der Waals surface area contributed by atoms with Crippen molar-refractivity contribution in [2.24, 2.45) is 11.5 Å². The molecule has 0 aliphatic rings. The molecule has 0 rings (SSSR count). The molecule has 0 saturated carbocycles. The molecule has 116 valence electrons. The van der Waals surface area contributed by atoms with E-state index in [1.54, 1.807) is 0 Å². The first-order valence-corrected chi connectivity index (χ1v) is 6.04. The maximum atomic E-state index is 10.00. The van der Waals surface area contributed by atoms with Gasteiger partial charge >= 0.3 is 7.82 Å². The van der Waals surface area contributed by atoms with Crippen LogP contribution >= 0.6 is 7.82 Å². The lowest BCUT2D eigenvalue weighted by atomic mass is 10.0. The third kappa shape index (κ3) is 11.1. The lowest BCUT2D eigenvalue weighted by Crippen LogP contribution is -2.65. The topological polar surface area (TPSA) is 248 Å². The quantitative estimate of drug-likeness (QED) is 0.129. The van der Waals surface area contributed by atoms with Crippen molar-refractivity contribution in [1.29, 1.82) is 0 Å². The second-order valence-electron chi connectivity index (χ2n) is 3.45. The van der Waals surface area contributed by atoms with Crippen LogP contribution < -0.4 is 11.5 Å². The molecule has 0 aromatic carbocycles. The van der Waals surface area contributed by atoms with Gasteiger partial charge in [0, 0.05) is 0 Å². The normalized spacial score (nSPS) is 18.6. The molecule has 0 aromatic heterocycles. The van der Waals surface area contributed by atoms with Gasteiger partial charge in [-0.15, -0.1) is 0 Å². The number of nitrogens with two attached hydrogens (primary N) is 2. The fourth-order valence-corrected chi connectivity index (χ4v) is 0.743. The molecule has 0 radical (unpaired) electrons. The summed E-state index contributed by atoms with van der Waals surface area (Å²) in [5, 5.41) is 44.7. The lowest BCUT2D eigenvalue weighted by molar-refractivity contribution is -0.167. The Bertz CT molecular complexity index is 305. The van der Waals surface area contributed by atoms with Gasteiger partial charge in [-0.25, -0.2) is 4.57 Å². The van der Waals surface area contributed by atoms with E-state index in [-0.39, 0.29) is 6.29 Å². The van der Waals surface area contributed by atoms with E-state index < -0.39 is 38.1 Å². The van der Waals surface area contributed by atoms with Crippen LogP contribution in [0.15, 0.2) is 0 Å². The van der Waals surface area contributed by atoms with Crippen molar-refractivity contribution in [1.82, 2.24) is 0 Å². The van der Waals surface area contributed by atoms with E-state index in [1.165, 1.54) is 0 Å². The second-order valence-corrected chi connectivity index (χ2v) is 4.48. The Kier molecular flexibility index (Phi) is 8.69. The Morgan fingerprint density at radius 1 is 1.00 bits per heavy atom. The average Bonchev–Trinajstić information content (AvgIpc) is 2.21. The molecular weight excluding hydrogens is 291 g/mol. The van der Waals surface area contributed by atoms with Gasteiger partial charge < -0.3 is 45.0 Å². The number of phosphoric acid groups is 1. The SMILES string of the molecule is NC(N)(O)[C@@H](O)[C@@H](O)[C@@H](O)[C@@H](O)C=O.O=P(O)(O)O. The van der Waals surface area contributed by atoms with E-state index in [9.17, 15) is 4.79 Å². The Labute approximate surface area is 106 Å². The Balaban J connectivity index is 0. The third-order valence-electron chi connectivity index (χ3n) is 1.64. The van der Waals surface area contributed by atoms with E-state index in [1.807, 2.05) is 0 Å². The van der Waals surface area contributed by atoms with Crippen molar-refractivity contribution in [2.75, 3.05) is 0 Å². The highest BCUT2D eigenvalue weighted by Crippen LogP contribution is 2.25. The van der Waals surface area contributed by atoms with Crippen LogP contribution in [0.2, 0.25) is 0 Å². The lowest BCUT2D eigenvalue weighted by Gasteiger charge is -2.31. The zero-order valence-corrected chi connectivity index (χ0v) is 10.3. The van der Waals surface area contributed by atoms with E-state index in [0.29, 0.717) is 0 Å². The van der Waals surface area contributed by atoms with Crippen molar-refractivity contribution < 1.29 is 49.6 Å². The van der Waals surface area contributed by atoms with E-state index in [2.05, 4.69) is 0 Å². The highest BCUT2D eigenvalue weighted by atomic mass is 31.2. The Morgan fingerprint density at radius 2 is 1.32 bits per heavy atom. The molecule has 0 fully saturated rings. The van der Waals surface area contributed by atoms with Gasteiger partial charge in [0.25, 0.3) is 0 Å². The van der Waals surface area contributed by atoms with Crippen LogP contribution in [-0.2, 0) is 9.36 Å². The molecule has 0 saturated heterocycles. The van der Waals surface area contributed by atoms with Gasteiger partial charge in [-0.1, -0.05) is 0 Å². The molecular formula is C6H17N2O10P. The molecule has 13 heteroatoms. The van der Waals surface area contributed by atoms with Crippen molar-refractivity contribution in [3.8, 4) is 0 Å². The summed E-state index contributed by atoms with van der Waals surface area (Å²) in [5.74, 6) is -2.64. The number of aliphatic hydroxyl groups excluding tert-OH is 4. The van der Waals surface area contributed by atoms with Crippen molar-refractivity contribution >= 4 is 14.1 Å². The first-order chi connectivity index (χ1) is 8.21. The molecule has 4 atom stereocenters. The van der Waals surface area contributed by atoms with Crippen molar-refractivity contribution in [2.45, 2.75) is 30.3 Å². The first-order valence-electron chi connectivity index (χ1n) is 4.47. The summed E-state index contributed by atoms with van der Waals surface area (Å²) in [6.07, 6.45) is -8.09. The van der Waals surface area contributed by atoms with Crippen LogP contribution in [0.25, 0.3) is 0 Å². The van der Waals surface area contributed by atoms with Crippen LogP contribution in [0.5, 0.6) is 0 Å². The predicted molar refractivity (Wildman–Crippen MR) is 57.7 cm³/mol. The van der Waals surface area contributed by atoms with E-state index in [0.717, 1.165) is 0 Å². The van der Waals surface area contributed by atoms with Crippen LogP contribution in [0.3, 0.4) is 0 Å². The molecule has 0 spiro atoms. The molecule has 0 heterocycles. The van der Waals surface area contributed by atoms with Crippen molar-refractivity contribution in [3.63, 3.8) is 0 Å².